The summed E-state index contributed by atoms with van der Waals surface area (Å²) in [7, 11) is 1.29. The van der Waals surface area contributed by atoms with Gasteiger partial charge in [0.2, 0.25) is 0 Å². The second-order valence-corrected chi connectivity index (χ2v) is 3.88. The van der Waals surface area contributed by atoms with Crippen LogP contribution in [0.15, 0.2) is 54.9 Å². The molecule has 0 spiro atoms. The summed E-state index contributed by atoms with van der Waals surface area (Å²) in [5.74, 6) is -0.454. The Kier molecular flexibility index (Phi) is 3.60. The van der Waals surface area contributed by atoms with E-state index in [4.69, 9.17) is 5.21 Å². The summed E-state index contributed by atoms with van der Waals surface area (Å²) in [6.45, 7) is 0. The van der Waals surface area contributed by atoms with Crippen LogP contribution < -0.4 is 0 Å². The highest BCUT2D eigenvalue weighted by Crippen LogP contribution is 2.11. The van der Waals surface area contributed by atoms with Gasteiger partial charge in [0, 0.05) is 31.2 Å². The lowest BCUT2D eigenvalue weighted by Gasteiger charge is -2.04. The molecule has 0 saturated heterocycles. The Morgan fingerprint density at radius 1 is 1.22 bits per heavy atom. The van der Waals surface area contributed by atoms with Gasteiger partial charge in [-0.05, 0) is 35.9 Å². The number of hydrogen-bond donors (Lipinski definition) is 1. The van der Waals surface area contributed by atoms with Crippen molar-refractivity contribution < 1.29 is 10.0 Å². The van der Waals surface area contributed by atoms with Crippen molar-refractivity contribution in [1.29, 1.82) is 0 Å². The number of amides is 1. The molecule has 4 nitrogen and oxygen atoms in total. The molecule has 1 amide bonds. The van der Waals surface area contributed by atoms with Crippen molar-refractivity contribution >= 4 is 12.0 Å². The highest BCUT2D eigenvalue weighted by Gasteiger charge is 1.99. The van der Waals surface area contributed by atoms with Crippen LogP contribution in [0.4, 0.5) is 0 Å². The van der Waals surface area contributed by atoms with Gasteiger partial charge in [0.15, 0.2) is 0 Å². The van der Waals surface area contributed by atoms with E-state index in [2.05, 4.69) is 0 Å². The first-order chi connectivity index (χ1) is 8.66. The maximum absolute atomic E-state index is 11.2. The molecule has 1 heterocycles. The first-order valence-electron chi connectivity index (χ1n) is 5.55. The van der Waals surface area contributed by atoms with Gasteiger partial charge in [-0.1, -0.05) is 12.1 Å². The Morgan fingerprint density at radius 3 is 2.39 bits per heavy atom. The fourth-order valence-electron chi connectivity index (χ4n) is 1.54. The minimum absolute atomic E-state index is 0.454. The zero-order valence-corrected chi connectivity index (χ0v) is 10.0. The summed E-state index contributed by atoms with van der Waals surface area (Å²) in [6.07, 6.45) is 6.92. The number of likely N-dealkylation sites (N-methyl/N-ethyl adjacent to an activating group) is 1. The summed E-state index contributed by atoms with van der Waals surface area (Å²) in [6, 6.07) is 11.7. The van der Waals surface area contributed by atoms with Crippen molar-refractivity contribution in [2.75, 3.05) is 7.05 Å². The molecule has 4 heteroatoms. The van der Waals surface area contributed by atoms with Crippen molar-refractivity contribution in [3.05, 3.63) is 60.4 Å². The predicted molar refractivity (Wildman–Crippen MR) is 69.4 cm³/mol. The van der Waals surface area contributed by atoms with E-state index in [0.29, 0.717) is 5.06 Å². The molecule has 0 saturated carbocycles. The van der Waals surface area contributed by atoms with Crippen molar-refractivity contribution in [1.82, 2.24) is 9.63 Å². The van der Waals surface area contributed by atoms with Crippen molar-refractivity contribution in [2.24, 2.45) is 0 Å². The second-order valence-electron chi connectivity index (χ2n) is 3.88. The molecule has 18 heavy (non-hydrogen) atoms. The maximum atomic E-state index is 11.2. The van der Waals surface area contributed by atoms with Gasteiger partial charge in [-0.15, -0.1) is 0 Å². The zero-order valence-electron chi connectivity index (χ0n) is 10.0. The average molecular weight is 242 g/mol. The third-order valence-electron chi connectivity index (χ3n) is 2.53. The number of benzene rings is 1. The molecular weight excluding hydrogens is 228 g/mol. The van der Waals surface area contributed by atoms with E-state index < -0.39 is 5.91 Å². The normalized spacial score (nSPS) is 10.8. The minimum atomic E-state index is -0.454. The lowest BCUT2D eigenvalue weighted by Crippen LogP contribution is -2.19. The summed E-state index contributed by atoms with van der Waals surface area (Å²) in [5.41, 5.74) is 1.96. The van der Waals surface area contributed by atoms with Crippen LogP contribution in [-0.2, 0) is 4.79 Å². The Labute approximate surface area is 105 Å². The fourth-order valence-corrected chi connectivity index (χ4v) is 1.54. The van der Waals surface area contributed by atoms with Crippen LogP contribution in [0.5, 0.6) is 0 Å². The molecule has 1 N–H and O–H groups in total. The van der Waals surface area contributed by atoms with Gasteiger partial charge < -0.3 is 4.57 Å². The van der Waals surface area contributed by atoms with Gasteiger partial charge in [-0.3, -0.25) is 10.0 Å². The van der Waals surface area contributed by atoms with Gasteiger partial charge in [-0.25, -0.2) is 5.06 Å². The number of nitrogens with zero attached hydrogens (tertiary/aromatic N) is 2. The SMILES string of the molecule is CN(O)C(=O)C=Cc1ccc(-n2cccc2)cc1. The lowest BCUT2D eigenvalue weighted by molar-refractivity contribution is -0.153. The van der Waals surface area contributed by atoms with Crippen molar-refractivity contribution in [2.45, 2.75) is 0 Å². The molecule has 0 aliphatic carbocycles. The second kappa shape index (κ2) is 5.33. The van der Waals surface area contributed by atoms with Crippen LogP contribution in [0, 0.1) is 0 Å². The molecule has 92 valence electrons. The quantitative estimate of drug-likeness (QED) is 0.510. The van der Waals surface area contributed by atoms with Crippen molar-refractivity contribution in [3.8, 4) is 5.69 Å². The molecule has 1 aromatic heterocycles. The number of hydrogen-bond acceptors (Lipinski definition) is 2. The number of carbonyl (C=O) groups excluding carboxylic acids is 1. The van der Waals surface area contributed by atoms with E-state index in [9.17, 15) is 4.79 Å². The molecule has 1 aromatic carbocycles. The number of carbonyl (C=O) groups is 1. The van der Waals surface area contributed by atoms with Crippen LogP contribution in [0.1, 0.15) is 5.56 Å². The molecule has 2 aromatic rings. The van der Waals surface area contributed by atoms with E-state index in [0.717, 1.165) is 11.3 Å². The largest absolute Gasteiger partial charge is 0.324 e. The minimum Gasteiger partial charge on any atom is -0.324 e. The van der Waals surface area contributed by atoms with Crippen LogP contribution in [0.3, 0.4) is 0 Å². The van der Waals surface area contributed by atoms with Gasteiger partial charge in [0.1, 0.15) is 0 Å². The van der Waals surface area contributed by atoms with E-state index in [-0.39, 0.29) is 0 Å². The van der Waals surface area contributed by atoms with Gasteiger partial charge in [0.05, 0.1) is 0 Å². The van der Waals surface area contributed by atoms with E-state index >= 15 is 0 Å². The molecule has 0 aliphatic rings. The van der Waals surface area contributed by atoms with Gasteiger partial charge in [-0.2, -0.15) is 0 Å². The number of hydroxylamine groups is 2. The van der Waals surface area contributed by atoms with Gasteiger partial charge >= 0.3 is 0 Å². The van der Waals surface area contributed by atoms with Crippen LogP contribution >= 0.6 is 0 Å². The summed E-state index contributed by atoms with van der Waals surface area (Å²) < 4.78 is 2.00. The molecule has 0 fully saturated rings. The summed E-state index contributed by atoms with van der Waals surface area (Å²) in [4.78, 5) is 11.2. The average Bonchev–Trinajstić information content (AvgIpc) is 2.90. The van der Waals surface area contributed by atoms with E-state index in [1.807, 2.05) is 53.4 Å². The third-order valence-corrected chi connectivity index (χ3v) is 2.53. The topological polar surface area (TPSA) is 45.5 Å². The van der Waals surface area contributed by atoms with Crippen LogP contribution in [0.25, 0.3) is 11.8 Å². The van der Waals surface area contributed by atoms with E-state index in [1.165, 1.54) is 13.1 Å². The number of aromatic nitrogens is 1. The van der Waals surface area contributed by atoms with Crippen molar-refractivity contribution in [3.63, 3.8) is 0 Å². The molecule has 0 aliphatic heterocycles. The molecule has 0 unspecified atom stereocenters. The molecular formula is C14H14N2O2. The van der Waals surface area contributed by atoms with Crippen LogP contribution in [0.2, 0.25) is 0 Å². The lowest BCUT2D eigenvalue weighted by atomic mass is 10.2. The Hall–Kier alpha value is -2.33. The Balaban J connectivity index is 2.11. The zero-order chi connectivity index (χ0) is 13.0. The third kappa shape index (κ3) is 2.87. The van der Waals surface area contributed by atoms with Crippen LogP contribution in [-0.4, -0.2) is 27.8 Å². The van der Waals surface area contributed by atoms with E-state index in [1.54, 1.807) is 6.08 Å². The number of rotatable bonds is 3. The Morgan fingerprint density at radius 2 is 1.83 bits per heavy atom. The molecule has 0 atom stereocenters. The summed E-state index contributed by atoms with van der Waals surface area (Å²) >= 11 is 0. The standard InChI is InChI=1S/C14H14N2O2/c1-15(18)14(17)9-6-12-4-7-13(8-5-12)16-10-2-3-11-16/h2-11,18H,1H3. The Bertz CT molecular complexity index is 540. The maximum Gasteiger partial charge on any atom is 0.269 e. The molecule has 0 bridgehead atoms. The smallest absolute Gasteiger partial charge is 0.269 e. The first kappa shape index (κ1) is 12.1. The molecule has 2 rings (SSSR count). The fraction of sp³-hybridized carbons (Fsp3) is 0.0714. The highest BCUT2D eigenvalue weighted by atomic mass is 16.5. The predicted octanol–water partition coefficient (Wildman–Crippen LogP) is 2.34. The first-order valence-corrected chi connectivity index (χ1v) is 5.55. The monoisotopic (exact) mass is 242 g/mol. The van der Waals surface area contributed by atoms with Gasteiger partial charge in [0.25, 0.3) is 5.91 Å². The summed E-state index contributed by atoms with van der Waals surface area (Å²) in [5, 5.41) is 9.44. The highest BCUT2D eigenvalue weighted by molar-refractivity contribution is 5.90. The molecule has 0 radical (unpaired) electrons.